The van der Waals surface area contributed by atoms with Crippen LogP contribution in [0.2, 0.25) is 0 Å². The molecule has 3 aromatic rings. The van der Waals surface area contributed by atoms with Gasteiger partial charge < -0.3 is 0 Å². The van der Waals surface area contributed by atoms with Crippen LogP contribution in [-0.2, 0) is 0 Å². The van der Waals surface area contributed by atoms with Crippen LogP contribution in [0.4, 0.5) is 0 Å². The molecule has 1 unspecified atom stereocenters. The first-order chi connectivity index (χ1) is 12.4. The molecule has 0 aliphatic rings. The van der Waals surface area contributed by atoms with Gasteiger partial charge in [0.05, 0.1) is 0 Å². The lowest BCUT2D eigenvalue weighted by Gasteiger charge is -2.17. The lowest BCUT2D eigenvalue weighted by atomic mass is 9.90. The molecule has 3 aromatic carbocycles. The summed E-state index contributed by atoms with van der Waals surface area (Å²) in [5.74, 6) is 0.276. The molecule has 0 spiro atoms. The molecule has 0 radical (unpaired) electrons. The van der Waals surface area contributed by atoms with E-state index >= 15 is 0 Å². The fraction of sp³-hybridized carbons (Fsp3) is 0.0833. The summed E-state index contributed by atoms with van der Waals surface area (Å²) in [6.07, 6.45) is 6.86. The first-order valence-corrected chi connectivity index (χ1v) is 9.99. The Balaban J connectivity index is 1.98. The zero-order valence-corrected chi connectivity index (χ0v) is 16.2. The fourth-order valence-corrected chi connectivity index (χ4v) is 3.55. The van der Waals surface area contributed by atoms with Gasteiger partial charge in [-0.25, -0.2) is 0 Å². The monoisotopic (exact) mass is 436 g/mol. The Kier molecular flexibility index (Phi) is 6.63. The highest BCUT2D eigenvalue weighted by Gasteiger charge is 2.13. The molecular weight excluding hydrogens is 415 g/mol. The molecule has 0 bridgehead atoms. The van der Waals surface area contributed by atoms with Crippen molar-refractivity contribution in [1.29, 1.82) is 0 Å². The summed E-state index contributed by atoms with van der Waals surface area (Å²) >= 11 is 2.47. The van der Waals surface area contributed by atoms with E-state index in [0.29, 0.717) is 0 Å². The average molecular weight is 436 g/mol. The Morgan fingerprint density at radius 3 is 1.80 bits per heavy atom. The maximum absolute atomic E-state index is 2.47. The van der Waals surface area contributed by atoms with Crippen molar-refractivity contribution < 1.29 is 0 Å². The summed E-state index contributed by atoms with van der Waals surface area (Å²) in [7, 11) is 0. The van der Waals surface area contributed by atoms with Crippen LogP contribution in [0.15, 0.2) is 103 Å². The predicted molar refractivity (Wildman–Crippen MR) is 118 cm³/mol. The van der Waals surface area contributed by atoms with Gasteiger partial charge in [0.1, 0.15) is 0 Å². The first kappa shape index (κ1) is 17.7. The Labute approximate surface area is 164 Å². The summed E-state index contributed by atoms with van der Waals surface area (Å²) in [5, 5.41) is 0. The van der Waals surface area contributed by atoms with Gasteiger partial charge in [0, 0.05) is 10.3 Å². The van der Waals surface area contributed by atoms with Crippen LogP contribution in [0, 0.1) is 0 Å². The Bertz CT molecular complexity index is 818. The number of hydrogen-bond donors (Lipinski definition) is 0. The van der Waals surface area contributed by atoms with Gasteiger partial charge in [0.2, 0.25) is 0 Å². The Hall–Kier alpha value is -2.13. The maximum atomic E-state index is 2.47. The largest absolute Gasteiger partial charge is 0.0815 e. The highest BCUT2D eigenvalue weighted by Crippen LogP contribution is 2.30. The minimum atomic E-state index is 0.276. The van der Waals surface area contributed by atoms with Crippen molar-refractivity contribution >= 4 is 34.7 Å². The van der Waals surface area contributed by atoms with Crippen molar-refractivity contribution in [3.8, 4) is 0 Å². The summed E-state index contributed by atoms with van der Waals surface area (Å²) in [6, 6.07) is 31.8. The van der Waals surface area contributed by atoms with Crippen LogP contribution < -0.4 is 0 Å². The van der Waals surface area contributed by atoms with Crippen LogP contribution >= 0.6 is 22.6 Å². The van der Waals surface area contributed by atoms with Crippen LogP contribution in [0.1, 0.15) is 22.6 Å². The summed E-state index contributed by atoms with van der Waals surface area (Å²) < 4.78 is 0.991. The van der Waals surface area contributed by atoms with E-state index in [-0.39, 0.29) is 5.92 Å². The van der Waals surface area contributed by atoms with E-state index < -0.39 is 0 Å². The SMILES string of the molecule is IC/C(=C\c1ccccc1)C(/C=C/c1ccccc1)c1ccccc1. The molecule has 0 heterocycles. The van der Waals surface area contributed by atoms with E-state index in [1.807, 2.05) is 0 Å². The maximum Gasteiger partial charge on any atom is 0.0242 e. The van der Waals surface area contributed by atoms with Crippen molar-refractivity contribution in [2.45, 2.75) is 5.92 Å². The number of alkyl halides is 1. The van der Waals surface area contributed by atoms with Crippen molar-refractivity contribution in [2.24, 2.45) is 0 Å². The molecule has 3 rings (SSSR count). The highest BCUT2D eigenvalue weighted by molar-refractivity contribution is 14.1. The van der Waals surface area contributed by atoms with E-state index in [4.69, 9.17) is 0 Å². The van der Waals surface area contributed by atoms with Gasteiger partial charge in [-0.2, -0.15) is 0 Å². The summed E-state index contributed by atoms with van der Waals surface area (Å²) in [4.78, 5) is 0. The van der Waals surface area contributed by atoms with Crippen molar-refractivity contribution in [3.05, 3.63) is 119 Å². The van der Waals surface area contributed by atoms with E-state index in [2.05, 4.69) is 132 Å². The average Bonchev–Trinajstić information content (AvgIpc) is 2.69. The molecule has 0 saturated carbocycles. The molecule has 0 fully saturated rings. The molecule has 1 atom stereocenters. The quantitative estimate of drug-likeness (QED) is 0.288. The molecule has 25 heavy (non-hydrogen) atoms. The predicted octanol–water partition coefficient (Wildman–Crippen LogP) is 7.00. The molecule has 0 aliphatic carbocycles. The second-order valence-electron chi connectivity index (χ2n) is 5.92. The minimum absolute atomic E-state index is 0.276. The lowest BCUT2D eigenvalue weighted by molar-refractivity contribution is 1.02. The van der Waals surface area contributed by atoms with E-state index in [1.165, 1.54) is 22.3 Å². The van der Waals surface area contributed by atoms with Crippen molar-refractivity contribution in [3.63, 3.8) is 0 Å². The first-order valence-electron chi connectivity index (χ1n) is 8.46. The van der Waals surface area contributed by atoms with Crippen LogP contribution in [-0.4, -0.2) is 4.43 Å². The van der Waals surface area contributed by atoms with E-state index in [1.54, 1.807) is 0 Å². The fourth-order valence-electron chi connectivity index (χ4n) is 2.86. The number of halogens is 1. The zero-order chi connectivity index (χ0) is 17.3. The smallest absolute Gasteiger partial charge is 0.0242 e. The number of benzene rings is 3. The molecule has 0 aliphatic heterocycles. The molecule has 0 nitrogen and oxygen atoms in total. The van der Waals surface area contributed by atoms with E-state index in [0.717, 1.165) is 4.43 Å². The number of allylic oxidation sites excluding steroid dienone is 2. The number of hydrogen-bond acceptors (Lipinski definition) is 0. The van der Waals surface area contributed by atoms with Gasteiger partial charge in [-0.05, 0) is 22.3 Å². The standard InChI is InChI=1S/C24H21I/c25-19-23(18-21-12-6-2-7-13-21)24(22-14-8-3-9-15-22)17-16-20-10-4-1-5-11-20/h1-18,24H,19H2/b17-16+,23-18+. The minimum Gasteiger partial charge on any atom is -0.0815 e. The third-order valence-corrected chi connectivity index (χ3v) is 5.03. The van der Waals surface area contributed by atoms with Gasteiger partial charge >= 0.3 is 0 Å². The second kappa shape index (κ2) is 9.38. The van der Waals surface area contributed by atoms with Crippen molar-refractivity contribution in [1.82, 2.24) is 0 Å². The molecule has 0 N–H and O–H groups in total. The lowest BCUT2D eigenvalue weighted by Crippen LogP contribution is -2.01. The molecule has 124 valence electrons. The Morgan fingerprint density at radius 1 is 0.720 bits per heavy atom. The molecule has 0 amide bonds. The molecule has 1 heteroatoms. The van der Waals surface area contributed by atoms with Gasteiger partial charge in [0.15, 0.2) is 0 Å². The second-order valence-corrected chi connectivity index (χ2v) is 6.68. The van der Waals surface area contributed by atoms with Gasteiger partial charge in [0.25, 0.3) is 0 Å². The van der Waals surface area contributed by atoms with Gasteiger partial charge in [-0.3, -0.25) is 0 Å². The van der Waals surface area contributed by atoms with E-state index in [9.17, 15) is 0 Å². The number of rotatable bonds is 6. The topological polar surface area (TPSA) is 0 Å². The molecule has 0 aromatic heterocycles. The van der Waals surface area contributed by atoms with Crippen LogP contribution in [0.25, 0.3) is 12.2 Å². The van der Waals surface area contributed by atoms with Gasteiger partial charge in [-0.15, -0.1) is 0 Å². The third kappa shape index (κ3) is 5.17. The highest BCUT2D eigenvalue weighted by atomic mass is 127. The molecular formula is C24H21I. The summed E-state index contributed by atoms with van der Waals surface area (Å²) in [5.41, 5.74) is 5.22. The molecule has 0 saturated heterocycles. The summed E-state index contributed by atoms with van der Waals surface area (Å²) in [6.45, 7) is 0. The normalized spacial score (nSPS) is 13.1. The third-order valence-electron chi connectivity index (χ3n) is 4.14. The van der Waals surface area contributed by atoms with Gasteiger partial charge in [-0.1, -0.05) is 132 Å². The Morgan fingerprint density at radius 2 is 1.24 bits per heavy atom. The van der Waals surface area contributed by atoms with Crippen molar-refractivity contribution in [2.75, 3.05) is 4.43 Å². The van der Waals surface area contributed by atoms with Crippen LogP contribution in [0.5, 0.6) is 0 Å². The van der Waals surface area contributed by atoms with Crippen LogP contribution in [0.3, 0.4) is 0 Å². The zero-order valence-electron chi connectivity index (χ0n) is 14.1.